The predicted molar refractivity (Wildman–Crippen MR) is 137 cm³/mol. The van der Waals surface area contributed by atoms with Crippen molar-refractivity contribution in [2.45, 2.75) is 38.5 Å². The summed E-state index contributed by atoms with van der Waals surface area (Å²) in [5, 5.41) is 10.2. The number of fused-ring (bicyclic) bond motifs is 10. The van der Waals surface area contributed by atoms with Gasteiger partial charge in [-0.1, -0.05) is 82.3 Å². The lowest BCUT2D eigenvalue weighted by Crippen LogP contribution is -2.22. The van der Waals surface area contributed by atoms with Gasteiger partial charge in [0.2, 0.25) is 0 Å². The van der Waals surface area contributed by atoms with Gasteiger partial charge in [-0.25, -0.2) is 9.36 Å². The van der Waals surface area contributed by atoms with E-state index in [1.54, 1.807) is 0 Å². The highest BCUT2D eigenvalue weighted by atomic mass is 15.3. The summed E-state index contributed by atoms with van der Waals surface area (Å²) in [4.78, 5) is 0. The Hall–Kier alpha value is -3.92. The quantitative estimate of drug-likeness (QED) is 0.289. The van der Waals surface area contributed by atoms with Gasteiger partial charge in [-0.15, -0.1) is 0 Å². The maximum absolute atomic E-state index is 5.21. The molecule has 3 heterocycles. The van der Waals surface area contributed by atoms with Crippen LogP contribution in [0, 0.1) is 0 Å². The molecule has 3 aromatic carbocycles. The van der Waals surface area contributed by atoms with E-state index in [0.29, 0.717) is 0 Å². The molecule has 0 spiro atoms. The van der Waals surface area contributed by atoms with E-state index in [-0.39, 0.29) is 10.8 Å². The fourth-order valence-electron chi connectivity index (χ4n) is 4.96. The molecule has 0 unspecified atom stereocenters. The summed E-state index contributed by atoms with van der Waals surface area (Å²) in [5.41, 5.74) is 8.36. The van der Waals surface area contributed by atoms with Gasteiger partial charge in [0.25, 0.3) is 0 Å². The highest BCUT2D eigenvalue weighted by molar-refractivity contribution is 5.68. The first-order valence-electron chi connectivity index (χ1n) is 11.8. The van der Waals surface area contributed by atoms with Gasteiger partial charge in [0.05, 0.1) is 22.8 Å². The average molecular weight is 445 g/mol. The Bertz CT molecular complexity index is 1500. The van der Waals surface area contributed by atoms with Crippen molar-refractivity contribution in [3.8, 4) is 22.5 Å². The summed E-state index contributed by atoms with van der Waals surface area (Å²) in [6.45, 7) is 8.97. The summed E-state index contributed by atoms with van der Waals surface area (Å²) >= 11 is 0. The standard InChI is InChI=1S/C30H28N4/c1-29(2)22-12-8-15-25(18-22)34-20-26(21-10-6-5-7-11-21)28(32-34)30(3,4)23-13-9-14-24(19-23)33-17-16-27(29)31-33/h5-20H,1-4H3. The minimum Gasteiger partial charge on any atom is -0.241 e. The smallest absolute Gasteiger partial charge is 0.0807 e. The van der Waals surface area contributed by atoms with Gasteiger partial charge in [-0.05, 0) is 47.0 Å². The first kappa shape index (κ1) is 20.7. The van der Waals surface area contributed by atoms with Gasteiger partial charge in [-0.2, -0.15) is 10.2 Å². The van der Waals surface area contributed by atoms with Gasteiger partial charge in [-0.3, -0.25) is 0 Å². The number of aromatic nitrogens is 4. The molecule has 1 aliphatic rings. The molecule has 34 heavy (non-hydrogen) atoms. The SMILES string of the molecule is CC1(C)c2cccc(c2)-n2cc(-c3ccccc3)c(n2)C(C)(C)c2cccc(c2)-n2ccc1n2. The van der Waals surface area contributed by atoms with E-state index in [4.69, 9.17) is 10.2 Å². The third-order valence-corrected chi connectivity index (χ3v) is 7.29. The van der Waals surface area contributed by atoms with E-state index < -0.39 is 0 Å². The molecule has 0 radical (unpaired) electrons. The zero-order valence-electron chi connectivity index (χ0n) is 20.0. The Kier molecular flexibility index (Phi) is 4.43. The number of nitrogens with zero attached hydrogens (tertiary/aromatic N) is 4. The Morgan fingerprint density at radius 2 is 1.26 bits per heavy atom. The fourth-order valence-corrected chi connectivity index (χ4v) is 4.96. The van der Waals surface area contributed by atoms with Gasteiger partial charge in [0.1, 0.15) is 0 Å². The highest BCUT2D eigenvalue weighted by Gasteiger charge is 2.32. The van der Waals surface area contributed by atoms with E-state index >= 15 is 0 Å². The van der Waals surface area contributed by atoms with Crippen LogP contribution in [0.25, 0.3) is 22.5 Å². The molecular weight excluding hydrogens is 416 g/mol. The van der Waals surface area contributed by atoms with Crippen LogP contribution in [-0.2, 0) is 10.8 Å². The largest absolute Gasteiger partial charge is 0.241 e. The first-order chi connectivity index (χ1) is 16.3. The Labute approximate surface area is 200 Å². The molecule has 0 N–H and O–H groups in total. The molecule has 4 nitrogen and oxygen atoms in total. The van der Waals surface area contributed by atoms with Crippen molar-refractivity contribution < 1.29 is 0 Å². The van der Waals surface area contributed by atoms with Crippen LogP contribution >= 0.6 is 0 Å². The molecule has 0 saturated heterocycles. The third kappa shape index (κ3) is 3.13. The Morgan fingerprint density at radius 1 is 0.618 bits per heavy atom. The van der Waals surface area contributed by atoms with Crippen molar-refractivity contribution >= 4 is 0 Å². The normalized spacial score (nSPS) is 15.5. The molecule has 6 rings (SSSR count). The van der Waals surface area contributed by atoms with Crippen LogP contribution in [0.2, 0.25) is 0 Å². The highest BCUT2D eigenvalue weighted by Crippen LogP contribution is 2.39. The Balaban J connectivity index is 1.68. The molecular formula is C30H28N4. The second-order valence-corrected chi connectivity index (χ2v) is 10.2. The van der Waals surface area contributed by atoms with E-state index in [0.717, 1.165) is 28.3 Å². The average Bonchev–Trinajstić information content (AvgIpc) is 3.53. The second kappa shape index (κ2) is 7.29. The molecule has 0 amide bonds. The molecule has 0 aliphatic carbocycles. The van der Waals surface area contributed by atoms with Crippen LogP contribution in [0.3, 0.4) is 0 Å². The van der Waals surface area contributed by atoms with Crippen molar-refractivity contribution in [2.24, 2.45) is 0 Å². The van der Waals surface area contributed by atoms with Crippen molar-refractivity contribution in [1.29, 1.82) is 0 Å². The predicted octanol–water partition coefficient (Wildman–Crippen LogP) is 6.69. The molecule has 5 aromatic rings. The third-order valence-electron chi connectivity index (χ3n) is 7.29. The molecule has 0 atom stereocenters. The van der Waals surface area contributed by atoms with Crippen molar-refractivity contribution in [3.63, 3.8) is 0 Å². The van der Waals surface area contributed by atoms with Gasteiger partial charge >= 0.3 is 0 Å². The second-order valence-electron chi connectivity index (χ2n) is 10.2. The van der Waals surface area contributed by atoms with Gasteiger partial charge in [0.15, 0.2) is 0 Å². The summed E-state index contributed by atoms with van der Waals surface area (Å²) in [6.07, 6.45) is 4.24. The molecule has 168 valence electrons. The number of hydrogen-bond acceptors (Lipinski definition) is 2. The van der Waals surface area contributed by atoms with Gasteiger partial charge in [0, 0.05) is 28.8 Å². The van der Waals surface area contributed by atoms with Crippen LogP contribution in [0.4, 0.5) is 0 Å². The van der Waals surface area contributed by atoms with E-state index in [2.05, 4.69) is 125 Å². The first-order valence-corrected chi connectivity index (χ1v) is 11.8. The van der Waals surface area contributed by atoms with Crippen LogP contribution in [0.1, 0.15) is 50.2 Å². The molecule has 1 aliphatic heterocycles. The molecule has 4 heteroatoms. The van der Waals surface area contributed by atoms with Crippen LogP contribution in [0.5, 0.6) is 0 Å². The van der Waals surface area contributed by atoms with Crippen LogP contribution in [0.15, 0.2) is 97.3 Å². The maximum atomic E-state index is 5.21. The minimum atomic E-state index is -0.316. The van der Waals surface area contributed by atoms with Crippen molar-refractivity contribution in [2.75, 3.05) is 0 Å². The topological polar surface area (TPSA) is 35.6 Å². The maximum Gasteiger partial charge on any atom is 0.0807 e. The van der Waals surface area contributed by atoms with E-state index in [1.165, 1.54) is 16.7 Å². The molecule has 0 fully saturated rings. The lowest BCUT2D eigenvalue weighted by molar-refractivity contribution is 0.594. The zero-order chi connectivity index (χ0) is 23.5. The lowest BCUT2D eigenvalue weighted by atomic mass is 9.79. The minimum absolute atomic E-state index is 0.250. The van der Waals surface area contributed by atoms with E-state index in [9.17, 15) is 0 Å². The van der Waals surface area contributed by atoms with Crippen molar-refractivity contribution in [1.82, 2.24) is 19.6 Å². The van der Waals surface area contributed by atoms with Crippen molar-refractivity contribution in [3.05, 3.63) is 120 Å². The Morgan fingerprint density at radius 3 is 1.97 bits per heavy atom. The summed E-state index contributed by atoms with van der Waals surface area (Å²) in [6, 6.07) is 30.0. The zero-order valence-corrected chi connectivity index (χ0v) is 20.0. The van der Waals surface area contributed by atoms with Crippen LogP contribution < -0.4 is 0 Å². The molecule has 2 aromatic heterocycles. The number of hydrogen-bond donors (Lipinski definition) is 0. The monoisotopic (exact) mass is 444 g/mol. The number of rotatable bonds is 1. The van der Waals surface area contributed by atoms with Crippen LogP contribution in [-0.4, -0.2) is 19.6 Å². The number of benzene rings is 3. The fraction of sp³-hybridized carbons (Fsp3) is 0.200. The van der Waals surface area contributed by atoms with Gasteiger partial charge < -0.3 is 0 Å². The molecule has 8 bridgehead atoms. The molecule has 0 saturated carbocycles. The summed E-state index contributed by atoms with van der Waals surface area (Å²) < 4.78 is 4.02. The summed E-state index contributed by atoms with van der Waals surface area (Å²) in [7, 11) is 0. The van der Waals surface area contributed by atoms with E-state index in [1.807, 2.05) is 9.36 Å². The lowest BCUT2D eigenvalue weighted by Gasteiger charge is -2.26. The summed E-state index contributed by atoms with van der Waals surface area (Å²) in [5.74, 6) is 0.